The number of methoxy groups -OCH3 is 1. The molecule has 186 valence electrons. The number of amides is 1. The van der Waals surface area contributed by atoms with Gasteiger partial charge < -0.3 is 14.4 Å². The molecule has 3 aromatic rings. The Bertz CT molecular complexity index is 1280. The second-order valence-corrected chi connectivity index (χ2v) is 11.1. The van der Waals surface area contributed by atoms with Crippen molar-refractivity contribution in [2.45, 2.75) is 26.4 Å². The van der Waals surface area contributed by atoms with E-state index in [1.54, 1.807) is 39.2 Å². The number of imidazole rings is 1. The number of hydrogen-bond donors (Lipinski definition) is 0. The first-order valence-corrected chi connectivity index (χ1v) is 12.8. The zero-order valence-electron chi connectivity index (χ0n) is 20.2. The molecule has 10 nitrogen and oxygen atoms in total. The largest absolute Gasteiger partial charge is 0.481 e. The van der Waals surface area contributed by atoms with Crippen LogP contribution in [0.4, 0.5) is 10.6 Å². The highest BCUT2D eigenvalue weighted by molar-refractivity contribution is 7.92. The highest BCUT2D eigenvalue weighted by Crippen LogP contribution is 2.29. The Balaban J connectivity index is 1.70. The van der Waals surface area contributed by atoms with Gasteiger partial charge in [0.25, 0.3) is 0 Å². The van der Waals surface area contributed by atoms with E-state index in [1.165, 1.54) is 16.3 Å². The summed E-state index contributed by atoms with van der Waals surface area (Å²) in [6.45, 7) is 5.62. The average molecular weight is 500 g/mol. The van der Waals surface area contributed by atoms with Crippen LogP contribution in [0.25, 0.3) is 17.1 Å². The number of carbonyl (C=O) groups excluding carboxylic acids is 1. The fraction of sp³-hybridized carbons (Fsp3) is 0.375. The summed E-state index contributed by atoms with van der Waals surface area (Å²) in [5.74, 6) is 1.03. The number of para-hydroxylation sites is 1. The fourth-order valence-electron chi connectivity index (χ4n) is 3.67. The maximum atomic E-state index is 13.2. The molecule has 11 heteroatoms. The zero-order valence-corrected chi connectivity index (χ0v) is 21.0. The first-order valence-electron chi connectivity index (χ1n) is 11.2. The van der Waals surface area contributed by atoms with Gasteiger partial charge in [-0.15, -0.1) is 0 Å². The Kier molecular flexibility index (Phi) is 6.70. The number of benzene rings is 1. The monoisotopic (exact) mass is 499 g/mol. The van der Waals surface area contributed by atoms with E-state index in [4.69, 9.17) is 14.5 Å². The topological polar surface area (TPSA) is 107 Å². The van der Waals surface area contributed by atoms with Crippen molar-refractivity contribution < 1.29 is 22.7 Å². The van der Waals surface area contributed by atoms with Gasteiger partial charge in [0.05, 0.1) is 25.6 Å². The molecule has 3 heterocycles. The molecule has 1 aliphatic heterocycles. The van der Waals surface area contributed by atoms with E-state index in [1.807, 2.05) is 41.0 Å². The summed E-state index contributed by atoms with van der Waals surface area (Å²) in [7, 11) is -2.19. The molecule has 0 radical (unpaired) electrons. The van der Waals surface area contributed by atoms with Gasteiger partial charge in [-0.3, -0.25) is 8.87 Å². The number of aromatic nitrogens is 3. The summed E-state index contributed by atoms with van der Waals surface area (Å²) in [5, 5.41) is 0. The minimum Gasteiger partial charge on any atom is -0.481 e. The molecule has 0 atom stereocenters. The number of ether oxygens (including phenoxy) is 2. The normalized spacial score (nSPS) is 16.0. The minimum atomic E-state index is -3.73. The van der Waals surface area contributed by atoms with E-state index in [2.05, 4.69) is 4.98 Å². The van der Waals surface area contributed by atoms with E-state index < -0.39 is 21.7 Å². The molecule has 0 spiro atoms. The van der Waals surface area contributed by atoms with Crippen molar-refractivity contribution in [3.8, 4) is 23.0 Å². The van der Waals surface area contributed by atoms with E-state index in [-0.39, 0.29) is 31.2 Å². The Morgan fingerprint density at radius 1 is 1.03 bits per heavy atom. The van der Waals surface area contributed by atoms with Crippen LogP contribution < -0.4 is 9.04 Å². The van der Waals surface area contributed by atoms with Crippen LogP contribution in [-0.2, 0) is 14.8 Å². The van der Waals surface area contributed by atoms with Crippen LogP contribution in [0.3, 0.4) is 0 Å². The average Bonchev–Trinajstić information content (AvgIpc) is 3.18. The summed E-state index contributed by atoms with van der Waals surface area (Å²) in [4.78, 5) is 22.9. The number of pyridine rings is 1. The quantitative estimate of drug-likeness (QED) is 0.542. The van der Waals surface area contributed by atoms with Gasteiger partial charge >= 0.3 is 6.09 Å². The molecule has 0 bridgehead atoms. The molecule has 0 saturated carbocycles. The molecule has 1 fully saturated rings. The van der Waals surface area contributed by atoms with E-state index in [0.29, 0.717) is 17.3 Å². The summed E-state index contributed by atoms with van der Waals surface area (Å²) < 4.78 is 40.1. The molecule has 0 N–H and O–H groups in total. The van der Waals surface area contributed by atoms with Gasteiger partial charge in [-0.1, -0.05) is 18.2 Å². The minimum absolute atomic E-state index is 0.0440. The molecule has 35 heavy (non-hydrogen) atoms. The van der Waals surface area contributed by atoms with E-state index in [0.717, 1.165) is 5.69 Å². The standard InChI is InChI=1S/C24H29N5O5S/c1-24(2,3)34-23(30)27-12-13-29(35(31,32)15-14-27)20-17-28(19-8-6-5-7-9-19)22(26-20)18-10-11-21(33-4)25-16-18/h5-11,16-17H,12-15H2,1-4H3. The number of sulfonamides is 1. The van der Waals surface area contributed by atoms with Crippen LogP contribution in [-0.4, -0.2) is 72.0 Å². The van der Waals surface area contributed by atoms with Gasteiger partial charge in [-0.05, 0) is 39.0 Å². The number of rotatable bonds is 4. The number of carbonyl (C=O) groups is 1. The Morgan fingerprint density at radius 3 is 2.40 bits per heavy atom. The first kappa shape index (κ1) is 24.5. The van der Waals surface area contributed by atoms with Gasteiger partial charge in [0.2, 0.25) is 15.9 Å². The molecular formula is C24H29N5O5S. The number of nitrogens with zero attached hydrogens (tertiary/aromatic N) is 5. The maximum Gasteiger partial charge on any atom is 0.410 e. The molecule has 0 aliphatic carbocycles. The highest BCUT2D eigenvalue weighted by Gasteiger charge is 2.33. The Morgan fingerprint density at radius 2 is 1.77 bits per heavy atom. The molecule has 4 rings (SSSR count). The predicted molar refractivity (Wildman–Crippen MR) is 132 cm³/mol. The van der Waals surface area contributed by atoms with Crippen molar-refractivity contribution in [2.75, 3.05) is 36.8 Å². The smallest absolute Gasteiger partial charge is 0.410 e. The lowest BCUT2D eigenvalue weighted by molar-refractivity contribution is 0.0270. The molecule has 1 amide bonds. The third-order valence-electron chi connectivity index (χ3n) is 5.37. The molecule has 1 saturated heterocycles. The van der Waals surface area contributed by atoms with Crippen LogP contribution in [0.5, 0.6) is 5.88 Å². The van der Waals surface area contributed by atoms with Gasteiger partial charge in [0, 0.05) is 36.6 Å². The highest BCUT2D eigenvalue weighted by atomic mass is 32.2. The van der Waals surface area contributed by atoms with Crippen LogP contribution >= 0.6 is 0 Å². The van der Waals surface area contributed by atoms with Crippen molar-refractivity contribution in [1.29, 1.82) is 0 Å². The van der Waals surface area contributed by atoms with Crippen molar-refractivity contribution in [3.05, 3.63) is 54.9 Å². The first-order chi connectivity index (χ1) is 16.6. The summed E-state index contributed by atoms with van der Waals surface area (Å²) >= 11 is 0. The fourth-order valence-corrected chi connectivity index (χ4v) is 5.08. The second kappa shape index (κ2) is 9.57. The molecule has 2 aromatic heterocycles. The third kappa shape index (κ3) is 5.56. The van der Waals surface area contributed by atoms with Crippen LogP contribution in [0.1, 0.15) is 20.8 Å². The van der Waals surface area contributed by atoms with Gasteiger partial charge in [-0.2, -0.15) is 0 Å². The second-order valence-electron chi connectivity index (χ2n) is 9.07. The van der Waals surface area contributed by atoms with E-state index >= 15 is 0 Å². The Labute approximate surface area is 205 Å². The van der Waals surface area contributed by atoms with Gasteiger partial charge in [0.15, 0.2) is 5.82 Å². The van der Waals surface area contributed by atoms with Gasteiger partial charge in [-0.25, -0.2) is 23.2 Å². The maximum absolute atomic E-state index is 13.2. The third-order valence-corrected chi connectivity index (χ3v) is 7.11. The van der Waals surface area contributed by atoms with Crippen molar-refractivity contribution in [1.82, 2.24) is 19.4 Å². The van der Waals surface area contributed by atoms with Crippen molar-refractivity contribution >= 4 is 21.9 Å². The van der Waals surface area contributed by atoms with Gasteiger partial charge in [0.1, 0.15) is 11.4 Å². The lowest BCUT2D eigenvalue weighted by Crippen LogP contribution is -2.39. The summed E-state index contributed by atoms with van der Waals surface area (Å²) in [6.07, 6.45) is 2.79. The molecule has 0 unspecified atom stereocenters. The summed E-state index contributed by atoms with van der Waals surface area (Å²) in [6, 6.07) is 13.1. The number of hydrogen-bond acceptors (Lipinski definition) is 7. The molecule has 1 aromatic carbocycles. The SMILES string of the molecule is COc1ccc(-c2nc(N3CCN(C(=O)OC(C)(C)C)CCS3(=O)=O)cn2-c2ccccc2)cn1. The molecular weight excluding hydrogens is 470 g/mol. The van der Waals surface area contributed by atoms with Crippen LogP contribution in [0.2, 0.25) is 0 Å². The van der Waals surface area contributed by atoms with Crippen molar-refractivity contribution in [2.24, 2.45) is 0 Å². The zero-order chi connectivity index (χ0) is 25.2. The van der Waals surface area contributed by atoms with Crippen molar-refractivity contribution in [3.63, 3.8) is 0 Å². The van der Waals surface area contributed by atoms with Crippen LogP contribution in [0, 0.1) is 0 Å². The number of anilines is 1. The van der Waals surface area contributed by atoms with E-state index in [9.17, 15) is 13.2 Å². The lowest BCUT2D eigenvalue weighted by atomic mass is 10.2. The molecule has 1 aliphatic rings. The summed E-state index contributed by atoms with van der Waals surface area (Å²) in [5.41, 5.74) is 0.848. The Hall–Kier alpha value is -3.60. The van der Waals surface area contributed by atoms with Crippen LogP contribution in [0.15, 0.2) is 54.9 Å². The predicted octanol–water partition coefficient (Wildman–Crippen LogP) is 3.33. The lowest BCUT2D eigenvalue weighted by Gasteiger charge is -2.26.